The minimum atomic E-state index is 0.620. The fourth-order valence-corrected chi connectivity index (χ4v) is 7.75. The van der Waals surface area contributed by atoms with Crippen molar-refractivity contribution in [1.82, 2.24) is 15.0 Å². The molecule has 0 spiro atoms. The maximum Gasteiger partial charge on any atom is 0.164 e. The molecule has 7 aromatic carbocycles. The lowest BCUT2D eigenvalue weighted by Gasteiger charge is -2.19. The summed E-state index contributed by atoms with van der Waals surface area (Å²) in [6, 6.07) is 61.6. The van der Waals surface area contributed by atoms with Crippen LogP contribution in [0.4, 0.5) is 0 Å². The third-order valence-corrected chi connectivity index (χ3v) is 10.4. The molecule has 55 heavy (non-hydrogen) atoms. The van der Waals surface area contributed by atoms with E-state index in [1.807, 2.05) is 42.5 Å². The fourth-order valence-electron chi connectivity index (χ4n) is 7.75. The molecule has 0 aliphatic heterocycles. The van der Waals surface area contributed by atoms with Gasteiger partial charge in [-0.05, 0) is 69.1 Å². The van der Waals surface area contributed by atoms with E-state index in [-0.39, 0.29) is 0 Å². The summed E-state index contributed by atoms with van der Waals surface area (Å²) < 4.78 is 6.32. The monoisotopic (exact) mass is 705 g/mol. The molecular formula is C51H35N3O. The van der Waals surface area contributed by atoms with E-state index in [2.05, 4.69) is 146 Å². The smallest absolute Gasteiger partial charge is 0.164 e. The summed E-state index contributed by atoms with van der Waals surface area (Å²) in [7, 11) is 0. The van der Waals surface area contributed by atoms with Gasteiger partial charge in [-0.15, -0.1) is 0 Å². The van der Waals surface area contributed by atoms with Crippen LogP contribution in [-0.4, -0.2) is 15.0 Å². The normalized spacial score (nSPS) is 12.1. The Hall–Kier alpha value is -7.17. The lowest BCUT2D eigenvalue weighted by atomic mass is 9.84. The highest BCUT2D eigenvalue weighted by atomic mass is 16.3. The summed E-state index contributed by atoms with van der Waals surface area (Å²) in [6.45, 7) is 0. The van der Waals surface area contributed by atoms with Crippen molar-refractivity contribution in [1.29, 1.82) is 0 Å². The van der Waals surface area contributed by atoms with Crippen LogP contribution >= 0.6 is 0 Å². The van der Waals surface area contributed by atoms with Crippen LogP contribution in [0.5, 0.6) is 0 Å². The molecule has 9 aromatic rings. The predicted octanol–water partition coefficient (Wildman–Crippen LogP) is 13.2. The first-order valence-corrected chi connectivity index (χ1v) is 18.7. The third-order valence-electron chi connectivity index (χ3n) is 10.4. The van der Waals surface area contributed by atoms with Gasteiger partial charge in [0.15, 0.2) is 17.5 Å². The van der Waals surface area contributed by atoms with Crippen LogP contribution in [0, 0.1) is 0 Å². The first kappa shape index (κ1) is 32.5. The van der Waals surface area contributed by atoms with E-state index in [0.717, 1.165) is 63.0 Å². The molecule has 1 aliphatic rings. The number of benzene rings is 7. The van der Waals surface area contributed by atoms with Gasteiger partial charge in [-0.1, -0.05) is 170 Å². The van der Waals surface area contributed by atoms with Crippen LogP contribution in [0.3, 0.4) is 0 Å². The molecule has 0 saturated heterocycles. The maximum atomic E-state index is 6.32. The number of hydrogen-bond acceptors (Lipinski definition) is 4. The van der Waals surface area contributed by atoms with E-state index < -0.39 is 0 Å². The number of hydrogen-bond donors (Lipinski definition) is 0. The van der Waals surface area contributed by atoms with Crippen molar-refractivity contribution in [3.63, 3.8) is 0 Å². The zero-order chi connectivity index (χ0) is 36.6. The van der Waals surface area contributed by atoms with Gasteiger partial charge in [0.2, 0.25) is 0 Å². The van der Waals surface area contributed by atoms with Crippen LogP contribution in [-0.2, 0) is 6.42 Å². The van der Waals surface area contributed by atoms with Gasteiger partial charge in [-0.25, -0.2) is 15.0 Å². The Balaban J connectivity index is 1.12. The van der Waals surface area contributed by atoms with Crippen LogP contribution in [0.1, 0.15) is 17.7 Å². The molecule has 2 heterocycles. The van der Waals surface area contributed by atoms with Crippen molar-refractivity contribution >= 4 is 17.0 Å². The average Bonchev–Trinajstić information content (AvgIpc) is 3.66. The molecule has 0 saturated carbocycles. The summed E-state index contributed by atoms with van der Waals surface area (Å²) in [6.07, 6.45) is 6.25. The van der Waals surface area contributed by atoms with Crippen molar-refractivity contribution in [2.24, 2.45) is 0 Å². The zero-order valence-corrected chi connectivity index (χ0v) is 30.1. The number of allylic oxidation sites excluding steroid dienone is 1. The van der Waals surface area contributed by atoms with Gasteiger partial charge in [0.25, 0.3) is 0 Å². The highest BCUT2D eigenvalue weighted by Crippen LogP contribution is 2.44. The van der Waals surface area contributed by atoms with Crippen LogP contribution < -0.4 is 0 Å². The highest BCUT2D eigenvalue weighted by molar-refractivity contribution is 6.00. The predicted molar refractivity (Wildman–Crippen MR) is 225 cm³/mol. The van der Waals surface area contributed by atoms with Crippen LogP contribution in [0.15, 0.2) is 186 Å². The van der Waals surface area contributed by atoms with Crippen molar-refractivity contribution in [2.45, 2.75) is 12.8 Å². The largest absolute Gasteiger partial charge is 0.460 e. The molecule has 260 valence electrons. The molecule has 10 rings (SSSR count). The highest BCUT2D eigenvalue weighted by Gasteiger charge is 2.22. The fraction of sp³-hybridized carbons (Fsp3) is 0.0392. The molecule has 0 N–H and O–H groups in total. The zero-order valence-electron chi connectivity index (χ0n) is 30.1. The van der Waals surface area contributed by atoms with E-state index in [1.165, 1.54) is 33.4 Å². The minimum Gasteiger partial charge on any atom is -0.460 e. The lowest BCUT2D eigenvalue weighted by Crippen LogP contribution is -2.00. The second-order valence-corrected chi connectivity index (χ2v) is 13.9. The molecule has 2 aromatic heterocycles. The summed E-state index contributed by atoms with van der Waals surface area (Å²) in [5, 5.41) is 1.04. The molecule has 0 radical (unpaired) electrons. The lowest BCUT2D eigenvalue weighted by molar-refractivity contribution is 0.546. The number of aromatic nitrogens is 3. The summed E-state index contributed by atoms with van der Waals surface area (Å²) in [5.74, 6) is 2.89. The average molecular weight is 706 g/mol. The second-order valence-electron chi connectivity index (χ2n) is 13.9. The Bertz CT molecular complexity index is 2770. The number of furan rings is 1. The topological polar surface area (TPSA) is 51.8 Å². The van der Waals surface area contributed by atoms with Gasteiger partial charge in [0, 0.05) is 34.1 Å². The Morgan fingerprint density at radius 3 is 1.51 bits per heavy atom. The Kier molecular flexibility index (Phi) is 8.27. The third kappa shape index (κ3) is 6.14. The number of nitrogens with zero attached hydrogens (tertiary/aromatic N) is 3. The number of aryl methyl sites for hydroxylation is 1. The van der Waals surface area contributed by atoms with Gasteiger partial charge in [-0.2, -0.15) is 0 Å². The van der Waals surface area contributed by atoms with Gasteiger partial charge >= 0.3 is 0 Å². The molecular weight excluding hydrogens is 671 g/mol. The van der Waals surface area contributed by atoms with E-state index in [9.17, 15) is 0 Å². The first-order chi connectivity index (χ1) is 27.3. The second kappa shape index (κ2) is 14.0. The Morgan fingerprint density at radius 1 is 0.400 bits per heavy atom. The molecule has 0 fully saturated rings. The molecule has 1 aliphatic carbocycles. The molecule has 0 amide bonds. The van der Waals surface area contributed by atoms with Crippen LogP contribution in [0.25, 0.3) is 95.7 Å². The molecule has 4 heteroatoms. The summed E-state index contributed by atoms with van der Waals surface area (Å²) in [4.78, 5) is 15.3. The Labute approximate surface area is 320 Å². The van der Waals surface area contributed by atoms with Crippen molar-refractivity contribution in [2.75, 3.05) is 0 Å². The SMILES string of the molecule is C1=Cc2c(oc3cccc(-c4nc(-c5ccccc5)nc(-c5ccc(-c6cc(-c7ccccc7)c(-c7ccccc7)c(-c7ccccc7)c6)cc5)n4)c23)CC1. The van der Waals surface area contributed by atoms with E-state index in [1.54, 1.807) is 0 Å². The van der Waals surface area contributed by atoms with Crippen LogP contribution in [0.2, 0.25) is 0 Å². The van der Waals surface area contributed by atoms with Gasteiger partial charge in [-0.3, -0.25) is 0 Å². The maximum absolute atomic E-state index is 6.32. The quantitative estimate of drug-likeness (QED) is 0.166. The standard InChI is InChI=1S/C51H35N3O/c1-5-16-35(17-6-1)43-32-40(33-44(36-18-7-2-8-19-36)47(43)37-20-9-3-10-21-37)34-28-30-39(31-29-34)50-52-49(38-22-11-4-12-23-38)53-51(54-50)42-25-15-27-46-48(42)41-24-13-14-26-45(41)55-46/h1-13,15-25,27-33H,14,26H2. The molecule has 0 unspecified atom stereocenters. The van der Waals surface area contributed by atoms with E-state index in [0.29, 0.717) is 17.5 Å². The van der Waals surface area contributed by atoms with E-state index >= 15 is 0 Å². The van der Waals surface area contributed by atoms with Gasteiger partial charge < -0.3 is 4.42 Å². The van der Waals surface area contributed by atoms with E-state index in [4.69, 9.17) is 19.4 Å². The van der Waals surface area contributed by atoms with Crippen molar-refractivity contribution < 1.29 is 4.42 Å². The van der Waals surface area contributed by atoms with Gasteiger partial charge in [0.05, 0.1) is 0 Å². The summed E-state index contributed by atoms with van der Waals surface area (Å²) >= 11 is 0. The number of rotatable bonds is 7. The number of fused-ring (bicyclic) bond motifs is 3. The molecule has 0 atom stereocenters. The van der Waals surface area contributed by atoms with Crippen molar-refractivity contribution in [3.8, 4) is 78.7 Å². The first-order valence-electron chi connectivity index (χ1n) is 18.7. The van der Waals surface area contributed by atoms with Crippen molar-refractivity contribution in [3.05, 3.63) is 193 Å². The molecule has 4 nitrogen and oxygen atoms in total. The summed E-state index contributed by atoms with van der Waals surface area (Å²) in [5.41, 5.74) is 14.1. The van der Waals surface area contributed by atoms with Gasteiger partial charge in [0.1, 0.15) is 11.3 Å². The Morgan fingerprint density at radius 2 is 0.909 bits per heavy atom. The molecule has 0 bridgehead atoms. The minimum absolute atomic E-state index is 0.620.